The van der Waals surface area contributed by atoms with Gasteiger partial charge in [-0.15, -0.1) is 0 Å². The molecule has 2 unspecified atom stereocenters. The molecule has 2 atom stereocenters. The maximum atomic E-state index is 13.9. The zero-order chi connectivity index (χ0) is 14.9. The summed E-state index contributed by atoms with van der Waals surface area (Å²) in [5.41, 5.74) is 0. The Bertz CT molecular complexity index is 602. The second-order valence-corrected chi connectivity index (χ2v) is 7.48. The molecule has 21 heavy (non-hydrogen) atoms. The predicted molar refractivity (Wildman–Crippen MR) is 76.8 cm³/mol. The summed E-state index contributed by atoms with van der Waals surface area (Å²) in [6.45, 7) is 1.37. The molecule has 2 aliphatic heterocycles. The Balaban J connectivity index is 1.93. The molecule has 1 aromatic rings. The zero-order valence-corrected chi connectivity index (χ0v) is 12.7. The average Bonchev–Trinajstić information content (AvgIpc) is 3.01. The lowest BCUT2D eigenvalue weighted by Gasteiger charge is -2.37. The molecule has 3 rings (SSSR count). The Morgan fingerprint density at radius 2 is 2.14 bits per heavy atom. The fourth-order valence-electron chi connectivity index (χ4n) is 3.34. The van der Waals surface area contributed by atoms with Gasteiger partial charge in [0, 0.05) is 24.8 Å². The van der Waals surface area contributed by atoms with E-state index in [2.05, 4.69) is 10.3 Å². The number of halogens is 1. The molecule has 0 radical (unpaired) electrons. The fourth-order valence-corrected chi connectivity index (χ4v) is 5.05. The van der Waals surface area contributed by atoms with Crippen molar-refractivity contribution in [3.8, 4) is 0 Å². The van der Waals surface area contributed by atoms with Gasteiger partial charge in [-0.25, -0.2) is 17.8 Å². The predicted octanol–water partition coefficient (Wildman–Crippen LogP) is 1.52. The molecule has 0 saturated carbocycles. The van der Waals surface area contributed by atoms with Crippen molar-refractivity contribution in [1.29, 1.82) is 0 Å². The van der Waals surface area contributed by atoms with E-state index < -0.39 is 20.9 Å². The molecule has 3 heterocycles. The number of rotatable bonds is 3. The number of hydrogen-bond acceptors (Lipinski definition) is 4. The standard InChI is InChI=1S/C14H20FN3O2S/c15-11-5-3-9-17-14(11)21(19,20)18-10-2-1-7-13(18)12-6-4-8-16-12/h3,5,9,12-13,16H,1-2,4,6-8,10H2. The second kappa shape index (κ2) is 5.98. The van der Waals surface area contributed by atoms with E-state index in [-0.39, 0.29) is 12.1 Å². The van der Waals surface area contributed by atoms with E-state index in [1.54, 1.807) is 0 Å². The minimum Gasteiger partial charge on any atom is -0.312 e. The molecule has 0 aliphatic carbocycles. The molecule has 116 valence electrons. The smallest absolute Gasteiger partial charge is 0.263 e. The van der Waals surface area contributed by atoms with Gasteiger partial charge in [-0.3, -0.25) is 0 Å². The van der Waals surface area contributed by atoms with Gasteiger partial charge in [-0.1, -0.05) is 6.42 Å². The molecular formula is C14H20FN3O2S. The maximum Gasteiger partial charge on any atom is 0.263 e. The normalized spacial score (nSPS) is 27.9. The second-order valence-electron chi connectivity index (χ2n) is 5.67. The van der Waals surface area contributed by atoms with Crippen molar-refractivity contribution in [2.75, 3.05) is 13.1 Å². The van der Waals surface area contributed by atoms with E-state index in [9.17, 15) is 12.8 Å². The van der Waals surface area contributed by atoms with Gasteiger partial charge >= 0.3 is 0 Å². The summed E-state index contributed by atoms with van der Waals surface area (Å²) < 4.78 is 40.9. The topological polar surface area (TPSA) is 62.3 Å². The highest BCUT2D eigenvalue weighted by Gasteiger charge is 2.40. The minimum atomic E-state index is -3.87. The van der Waals surface area contributed by atoms with Crippen LogP contribution >= 0.6 is 0 Å². The van der Waals surface area contributed by atoms with E-state index in [0.717, 1.165) is 44.7 Å². The van der Waals surface area contributed by atoms with Gasteiger partial charge in [-0.05, 0) is 44.4 Å². The highest BCUT2D eigenvalue weighted by atomic mass is 32.2. The first kappa shape index (κ1) is 14.9. The van der Waals surface area contributed by atoms with Gasteiger partial charge in [-0.2, -0.15) is 4.31 Å². The highest BCUT2D eigenvalue weighted by Crippen LogP contribution is 2.29. The molecule has 2 aliphatic rings. The van der Waals surface area contributed by atoms with Crippen LogP contribution in [0.4, 0.5) is 4.39 Å². The highest BCUT2D eigenvalue weighted by molar-refractivity contribution is 7.89. The molecular weight excluding hydrogens is 293 g/mol. The lowest BCUT2D eigenvalue weighted by molar-refractivity contribution is 0.210. The summed E-state index contributed by atoms with van der Waals surface area (Å²) in [4.78, 5) is 3.76. The van der Waals surface area contributed by atoms with Crippen molar-refractivity contribution in [3.63, 3.8) is 0 Å². The zero-order valence-electron chi connectivity index (χ0n) is 11.8. The van der Waals surface area contributed by atoms with Gasteiger partial charge in [0.1, 0.15) is 0 Å². The monoisotopic (exact) mass is 313 g/mol. The van der Waals surface area contributed by atoms with Crippen molar-refractivity contribution in [2.24, 2.45) is 0 Å². The van der Waals surface area contributed by atoms with Gasteiger partial charge in [0.05, 0.1) is 0 Å². The Labute approximate surface area is 124 Å². The van der Waals surface area contributed by atoms with Gasteiger partial charge in [0.2, 0.25) is 5.03 Å². The van der Waals surface area contributed by atoms with Crippen LogP contribution in [0, 0.1) is 5.82 Å². The minimum absolute atomic E-state index is 0.0901. The van der Waals surface area contributed by atoms with E-state index >= 15 is 0 Å². The third-order valence-corrected chi connectivity index (χ3v) is 6.20. The summed E-state index contributed by atoms with van der Waals surface area (Å²) in [5, 5.41) is 2.93. The first-order chi connectivity index (χ1) is 10.1. The molecule has 0 spiro atoms. The van der Waals surface area contributed by atoms with Gasteiger partial charge in [0.25, 0.3) is 10.0 Å². The first-order valence-electron chi connectivity index (χ1n) is 7.46. The third-order valence-electron chi connectivity index (χ3n) is 4.34. The molecule has 1 N–H and O–H groups in total. The number of pyridine rings is 1. The van der Waals surface area contributed by atoms with Crippen LogP contribution in [0.3, 0.4) is 0 Å². The van der Waals surface area contributed by atoms with Crippen LogP contribution in [0.2, 0.25) is 0 Å². The summed E-state index contributed by atoms with van der Waals surface area (Å²) in [6, 6.07) is 2.63. The van der Waals surface area contributed by atoms with Crippen LogP contribution in [-0.4, -0.2) is 42.9 Å². The first-order valence-corrected chi connectivity index (χ1v) is 8.90. The lowest BCUT2D eigenvalue weighted by atomic mass is 9.97. The number of nitrogens with one attached hydrogen (secondary N) is 1. The Hall–Kier alpha value is -1.05. The summed E-state index contributed by atoms with van der Waals surface area (Å²) in [5.74, 6) is -0.777. The van der Waals surface area contributed by atoms with Crippen LogP contribution in [0.25, 0.3) is 0 Å². The van der Waals surface area contributed by atoms with E-state index in [1.807, 2.05) is 0 Å². The number of nitrogens with zero attached hydrogens (tertiary/aromatic N) is 2. The van der Waals surface area contributed by atoms with E-state index in [0.29, 0.717) is 6.54 Å². The molecule has 0 bridgehead atoms. The number of piperidine rings is 1. The molecule has 7 heteroatoms. The SMILES string of the molecule is O=S(=O)(c1ncccc1F)N1CCCCC1C1CCCN1. The number of sulfonamides is 1. The molecule has 1 aromatic heterocycles. The summed E-state index contributed by atoms with van der Waals surface area (Å²) in [6.07, 6.45) is 6.01. The number of hydrogen-bond donors (Lipinski definition) is 1. The largest absolute Gasteiger partial charge is 0.312 e. The van der Waals surface area contributed by atoms with Gasteiger partial charge in [0.15, 0.2) is 5.82 Å². The van der Waals surface area contributed by atoms with Crippen LogP contribution in [-0.2, 0) is 10.0 Å². The van der Waals surface area contributed by atoms with Crippen LogP contribution < -0.4 is 5.32 Å². The van der Waals surface area contributed by atoms with Crippen molar-refractivity contribution in [2.45, 2.75) is 49.2 Å². The van der Waals surface area contributed by atoms with Crippen molar-refractivity contribution in [1.82, 2.24) is 14.6 Å². The quantitative estimate of drug-likeness (QED) is 0.919. The third kappa shape index (κ3) is 2.82. The van der Waals surface area contributed by atoms with E-state index in [1.165, 1.54) is 16.6 Å². The van der Waals surface area contributed by atoms with Crippen molar-refractivity contribution < 1.29 is 12.8 Å². The Kier molecular flexibility index (Phi) is 4.24. The fraction of sp³-hybridized carbons (Fsp3) is 0.643. The van der Waals surface area contributed by atoms with Crippen LogP contribution in [0.1, 0.15) is 32.1 Å². The molecule has 0 aromatic carbocycles. The van der Waals surface area contributed by atoms with Crippen LogP contribution in [0.15, 0.2) is 23.4 Å². The average molecular weight is 313 g/mol. The summed E-state index contributed by atoms with van der Waals surface area (Å²) >= 11 is 0. The van der Waals surface area contributed by atoms with Crippen molar-refractivity contribution >= 4 is 10.0 Å². The molecule has 5 nitrogen and oxygen atoms in total. The number of aromatic nitrogens is 1. The molecule has 2 fully saturated rings. The summed E-state index contributed by atoms with van der Waals surface area (Å²) in [7, 11) is -3.87. The Morgan fingerprint density at radius 1 is 1.29 bits per heavy atom. The van der Waals surface area contributed by atoms with E-state index in [4.69, 9.17) is 0 Å². The maximum absolute atomic E-state index is 13.9. The Morgan fingerprint density at radius 3 is 2.86 bits per heavy atom. The van der Waals surface area contributed by atoms with Crippen LogP contribution in [0.5, 0.6) is 0 Å². The molecule has 2 saturated heterocycles. The lowest BCUT2D eigenvalue weighted by Crippen LogP contribution is -2.52. The van der Waals surface area contributed by atoms with Crippen molar-refractivity contribution in [3.05, 3.63) is 24.1 Å². The molecule has 0 amide bonds. The van der Waals surface area contributed by atoms with Gasteiger partial charge < -0.3 is 5.32 Å².